The number of ether oxygens (including phenoxy) is 1. The molecular weight excluding hydrogens is 400 g/mol. The summed E-state index contributed by atoms with van der Waals surface area (Å²) in [6, 6.07) is 13.0. The molecule has 2 heterocycles. The molecular formula is C19H21BrN2O4. The van der Waals surface area contributed by atoms with Crippen LogP contribution in [-0.2, 0) is 16.1 Å². The van der Waals surface area contributed by atoms with E-state index in [0.29, 0.717) is 30.1 Å². The zero-order valence-electron chi connectivity index (χ0n) is 14.4. The van der Waals surface area contributed by atoms with Crippen LogP contribution >= 0.6 is 15.9 Å². The van der Waals surface area contributed by atoms with E-state index in [1.54, 1.807) is 17.0 Å². The standard InChI is InChI=1S/C19H21BrN2O4/c20-17-8-7-16(26-17)19(24)22-10-4-9-21(11-12-22)13-18(23)25-14-15-5-2-1-3-6-15/h1-3,5-8H,4,9-14H2. The van der Waals surface area contributed by atoms with Gasteiger partial charge >= 0.3 is 5.97 Å². The lowest BCUT2D eigenvalue weighted by Gasteiger charge is -2.20. The summed E-state index contributed by atoms with van der Waals surface area (Å²) in [7, 11) is 0. The number of esters is 1. The Morgan fingerprint density at radius 3 is 2.58 bits per heavy atom. The van der Waals surface area contributed by atoms with E-state index >= 15 is 0 Å². The van der Waals surface area contributed by atoms with Crippen LogP contribution in [0.4, 0.5) is 0 Å². The topological polar surface area (TPSA) is 63.0 Å². The van der Waals surface area contributed by atoms with Crippen molar-refractivity contribution in [1.29, 1.82) is 0 Å². The van der Waals surface area contributed by atoms with E-state index in [2.05, 4.69) is 15.9 Å². The molecule has 1 aromatic carbocycles. The molecule has 26 heavy (non-hydrogen) atoms. The molecule has 1 amide bonds. The summed E-state index contributed by atoms with van der Waals surface area (Å²) in [6.07, 6.45) is 0.805. The van der Waals surface area contributed by atoms with Crippen LogP contribution in [0.1, 0.15) is 22.5 Å². The zero-order chi connectivity index (χ0) is 18.4. The fourth-order valence-corrected chi connectivity index (χ4v) is 3.19. The van der Waals surface area contributed by atoms with Gasteiger partial charge in [0, 0.05) is 26.2 Å². The Bertz CT molecular complexity index is 747. The van der Waals surface area contributed by atoms with Crippen LogP contribution < -0.4 is 0 Å². The Balaban J connectivity index is 1.46. The van der Waals surface area contributed by atoms with Gasteiger partial charge in [0.25, 0.3) is 5.91 Å². The minimum atomic E-state index is -0.247. The van der Waals surface area contributed by atoms with Gasteiger partial charge in [0.1, 0.15) is 6.61 Å². The average Bonchev–Trinajstić information content (AvgIpc) is 2.95. The molecule has 1 fully saturated rings. The monoisotopic (exact) mass is 420 g/mol. The second kappa shape index (κ2) is 9.00. The third kappa shape index (κ3) is 5.19. The van der Waals surface area contributed by atoms with Gasteiger partial charge < -0.3 is 14.1 Å². The molecule has 6 nitrogen and oxygen atoms in total. The lowest BCUT2D eigenvalue weighted by Crippen LogP contribution is -2.37. The summed E-state index contributed by atoms with van der Waals surface area (Å²) >= 11 is 3.21. The lowest BCUT2D eigenvalue weighted by atomic mass is 10.2. The highest BCUT2D eigenvalue weighted by molar-refractivity contribution is 9.10. The predicted octanol–water partition coefficient (Wildman–Crippen LogP) is 2.93. The first kappa shape index (κ1) is 18.7. The van der Waals surface area contributed by atoms with Crippen molar-refractivity contribution in [3.8, 4) is 0 Å². The summed E-state index contributed by atoms with van der Waals surface area (Å²) in [6.45, 7) is 3.11. The van der Waals surface area contributed by atoms with Crippen molar-refractivity contribution >= 4 is 27.8 Å². The molecule has 0 bridgehead atoms. The Kier molecular flexibility index (Phi) is 6.46. The third-order valence-electron chi connectivity index (χ3n) is 4.26. The average molecular weight is 421 g/mol. The second-order valence-corrected chi connectivity index (χ2v) is 6.95. The van der Waals surface area contributed by atoms with Crippen molar-refractivity contribution in [2.75, 3.05) is 32.7 Å². The summed E-state index contributed by atoms with van der Waals surface area (Å²) < 4.78 is 11.2. The number of hydrogen-bond acceptors (Lipinski definition) is 5. The van der Waals surface area contributed by atoms with E-state index in [-0.39, 0.29) is 25.0 Å². The summed E-state index contributed by atoms with van der Waals surface area (Å²) in [4.78, 5) is 28.3. The number of hydrogen-bond donors (Lipinski definition) is 0. The number of carbonyl (C=O) groups is 2. The van der Waals surface area contributed by atoms with Gasteiger partial charge in [-0.1, -0.05) is 30.3 Å². The van der Waals surface area contributed by atoms with E-state index < -0.39 is 0 Å². The van der Waals surface area contributed by atoms with Crippen molar-refractivity contribution in [2.45, 2.75) is 13.0 Å². The Labute approximate surface area is 160 Å². The van der Waals surface area contributed by atoms with Crippen LogP contribution in [0.5, 0.6) is 0 Å². The van der Waals surface area contributed by atoms with Crippen LogP contribution in [0.15, 0.2) is 51.6 Å². The molecule has 0 atom stereocenters. The number of furan rings is 1. The third-order valence-corrected chi connectivity index (χ3v) is 4.68. The SMILES string of the molecule is O=C(CN1CCCN(C(=O)c2ccc(Br)o2)CC1)OCc1ccccc1. The lowest BCUT2D eigenvalue weighted by molar-refractivity contribution is -0.146. The molecule has 0 unspecified atom stereocenters. The number of rotatable bonds is 5. The number of carbonyl (C=O) groups excluding carboxylic acids is 2. The molecule has 1 saturated heterocycles. The molecule has 0 radical (unpaired) electrons. The molecule has 1 aliphatic heterocycles. The molecule has 1 aromatic heterocycles. The Hall–Kier alpha value is -2.12. The second-order valence-electron chi connectivity index (χ2n) is 6.17. The number of halogens is 1. The highest BCUT2D eigenvalue weighted by Crippen LogP contribution is 2.17. The van der Waals surface area contributed by atoms with Gasteiger partial charge in [-0.15, -0.1) is 0 Å². The first-order chi connectivity index (χ1) is 12.6. The largest absolute Gasteiger partial charge is 0.460 e. The molecule has 138 valence electrons. The predicted molar refractivity (Wildman–Crippen MR) is 99.6 cm³/mol. The summed E-state index contributed by atoms with van der Waals surface area (Å²) in [5, 5.41) is 0. The molecule has 3 rings (SSSR count). The van der Waals surface area contributed by atoms with Gasteiger partial charge in [0.15, 0.2) is 10.4 Å². The molecule has 7 heteroatoms. The van der Waals surface area contributed by atoms with Crippen LogP contribution in [0, 0.1) is 0 Å². The van der Waals surface area contributed by atoms with Crippen molar-refractivity contribution in [3.63, 3.8) is 0 Å². The molecule has 1 aliphatic rings. The number of benzene rings is 1. The fourth-order valence-electron chi connectivity index (χ4n) is 2.88. The minimum absolute atomic E-state index is 0.121. The van der Waals surface area contributed by atoms with E-state index in [0.717, 1.165) is 18.5 Å². The summed E-state index contributed by atoms with van der Waals surface area (Å²) in [5.41, 5.74) is 0.970. The number of amides is 1. The molecule has 0 N–H and O–H groups in total. The van der Waals surface area contributed by atoms with Crippen molar-refractivity contribution in [1.82, 2.24) is 9.80 Å². The Morgan fingerprint density at radius 1 is 1.04 bits per heavy atom. The van der Waals surface area contributed by atoms with E-state index in [1.807, 2.05) is 35.2 Å². The van der Waals surface area contributed by atoms with Gasteiger partial charge in [-0.05, 0) is 40.0 Å². The van der Waals surface area contributed by atoms with Gasteiger partial charge in [0.05, 0.1) is 6.54 Å². The summed E-state index contributed by atoms with van der Waals surface area (Å²) in [5.74, 6) is -0.0413. The fraction of sp³-hybridized carbons (Fsp3) is 0.368. The van der Waals surface area contributed by atoms with Crippen LogP contribution in [0.2, 0.25) is 0 Å². The normalized spacial score (nSPS) is 15.5. The minimum Gasteiger partial charge on any atom is -0.460 e. The first-order valence-electron chi connectivity index (χ1n) is 8.58. The first-order valence-corrected chi connectivity index (χ1v) is 9.37. The van der Waals surface area contributed by atoms with Crippen molar-refractivity contribution < 1.29 is 18.7 Å². The maximum atomic E-state index is 12.5. The molecule has 0 saturated carbocycles. The van der Waals surface area contributed by atoms with E-state index in [9.17, 15) is 9.59 Å². The van der Waals surface area contributed by atoms with E-state index in [4.69, 9.17) is 9.15 Å². The van der Waals surface area contributed by atoms with Crippen molar-refractivity contribution in [3.05, 3.63) is 58.5 Å². The smallest absolute Gasteiger partial charge is 0.320 e. The van der Waals surface area contributed by atoms with Gasteiger partial charge in [0.2, 0.25) is 0 Å². The van der Waals surface area contributed by atoms with Gasteiger partial charge in [-0.3, -0.25) is 14.5 Å². The molecule has 2 aromatic rings. The maximum Gasteiger partial charge on any atom is 0.320 e. The van der Waals surface area contributed by atoms with Gasteiger partial charge in [-0.25, -0.2) is 0 Å². The van der Waals surface area contributed by atoms with Gasteiger partial charge in [-0.2, -0.15) is 0 Å². The highest BCUT2D eigenvalue weighted by Gasteiger charge is 2.23. The quantitative estimate of drug-likeness (QED) is 0.695. The maximum absolute atomic E-state index is 12.5. The van der Waals surface area contributed by atoms with Crippen LogP contribution in [-0.4, -0.2) is 54.4 Å². The van der Waals surface area contributed by atoms with E-state index in [1.165, 1.54) is 0 Å². The molecule has 0 aliphatic carbocycles. The van der Waals surface area contributed by atoms with Crippen molar-refractivity contribution in [2.24, 2.45) is 0 Å². The Morgan fingerprint density at radius 2 is 1.85 bits per heavy atom. The van der Waals surface area contributed by atoms with Crippen LogP contribution in [0.25, 0.3) is 0 Å². The number of nitrogens with zero attached hydrogens (tertiary/aromatic N) is 2. The molecule has 0 spiro atoms. The van der Waals surface area contributed by atoms with Crippen LogP contribution in [0.3, 0.4) is 0 Å². The highest BCUT2D eigenvalue weighted by atomic mass is 79.9. The zero-order valence-corrected chi connectivity index (χ0v) is 16.0.